The predicted octanol–water partition coefficient (Wildman–Crippen LogP) is 23.8. The van der Waals surface area contributed by atoms with Crippen LogP contribution >= 0.6 is 21.6 Å². The van der Waals surface area contributed by atoms with Gasteiger partial charge < -0.3 is 21.7 Å². The summed E-state index contributed by atoms with van der Waals surface area (Å²) in [5.41, 5.74) is 5.69. The molecule has 0 aliphatic carbocycles. The zero-order chi connectivity index (χ0) is 63.0. The summed E-state index contributed by atoms with van der Waals surface area (Å²) in [5, 5.41) is 9.06. The van der Waals surface area contributed by atoms with Gasteiger partial charge >= 0.3 is 0 Å². The number of rotatable bonds is 69. The fraction of sp³-hybridized carbons (Fsp3) is 0.895. The average Bonchev–Trinajstić information content (AvgIpc) is 3.52. The van der Waals surface area contributed by atoms with E-state index < -0.39 is 18.0 Å². The molecule has 0 fully saturated rings. The summed E-state index contributed by atoms with van der Waals surface area (Å²) in [5.74, 6) is 0.560. The first-order valence-electron chi connectivity index (χ1n) is 38.0. The third-order valence-corrected chi connectivity index (χ3v) is 19.5. The number of allylic oxidation sites excluding steroid dienone is 4. The minimum Gasteiger partial charge on any atom is -0.368 e. The van der Waals surface area contributed by atoms with Crippen molar-refractivity contribution in [2.24, 2.45) is 5.73 Å². The number of amides is 4. The Hall–Kier alpha value is -1.94. The van der Waals surface area contributed by atoms with Gasteiger partial charge in [0.05, 0.1) is 0 Å². The van der Waals surface area contributed by atoms with Crippen LogP contribution in [-0.2, 0) is 19.2 Å². The highest BCUT2D eigenvalue weighted by atomic mass is 33.1. The van der Waals surface area contributed by atoms with Crippen molar-refractivity contribution in [3.05, 3.63) is 24.3 Å². The molecule has 10 heteroatoms. The van der Waals surface area contributed by atoms with Gasteiger partial charge in [0.15, 0.2) is 0 Å². The number of carbonyl (C=O) groups is 4. The van der Waals surface area contributed by atoms with Gasteiger partial charge in [-0.3, -0.25) is 19.2 Å². The molecular formula is C76H148N4O4S2. The Kier molecular flexibility index (Phi) is 75.6. The van der Waals surface area contributed by atoms with Crippen molar-refractivity contribution in [2.45, 2.75) is 419 Å². The second kappa shape index (κ2) is 75.5. The van der Waals surface area contributed by atoms with Gasteiger partial charge in [-0.25, -0.2) is 0 Å². The number of nitrogens with one attached hydrogen (secondary N) is 3. The summed E-state index contributed by atoms with van der Waals surface area (Å²) in [6.45, 7) is 12.0. The Bertz CT molecular complexity index is 1450. The predicted molar refractivity (Wildman–Crippen MR) is 385 cm³/mol. The monoisotopic (exact) mass is 1250 g/mol. The van der Waals surface area contributed by atoms with Gasteiger partial charge in [0, 0.05) is 30.9 Å². The molecule has 0 heterocycles. The van der Waals surface area contributed by atoms with Crippen LogP contribution in [0.25, 0.3) is 0 Å². The van der Waals surface area contributed by atoms with E-state index in [-0.39, 0.29) is 17.7 Å². The topological polar surface area (TPSA) is 130 Å². The Labute approximate surface area is 544 Å². The maximum Gasteiger partial charge on any atom is 0.242 e. The molecule has 0 spiro atoms. The van der Waals surface area contributed by atoms with Crippen molar-refractivity contribution in [3.63, 3.8) is 0 Å². The Balaban J connectivity index is 0. The van der Waals surface area contributed by atoms with Crippen molar-refractivity contribution >= 4 is 45.2 Å². The molecule has 508 valence electrons. The van der Waals surface area contributed by atoms with Crippen LogP contribution in [0.1, 0.15) is 407 Å². The van der Waals surface area contributed by atoms with Gasteiger partial charge in [0.2, 0.25) is 23.6 Å². The smallest absolute Gasteiger partial charge is 0.242 e. The number of unbranched alkanes of at least 4 members (excludes halogenated alkanes) is 48. The van der Waals surface area contributed by atoms with E-state index in [1.165, 1.54) is 283 Å². The van der Waals surface area contributed by atoms with Crippen LogP contribution in [0.4, 0.5) is 0 Å². The number of carbonyl (C=O) groups excluding carboxylic acids is 4. The lowest BCUT2D eigenvalue weighted by Crippen LogP contribution is -2.47. The Morgan fingerprint density at radius 2 is 0.547 bits per heavy atom. The van der Waals surface area contributed by atoms with E-state index in [2.05, 4.69) is 74.9 Å². The largest absolute Gasteiger partial charge is 0.368 e. The highest BCUT2D eigenvalue weighted by molar-refractivity contribution is 8.76. The summed E-state index contributed by atoms with van der Waals surface area (Å²) >= 11 is 0. The molecular weight excluding hydrogens is 1100 g/mol. The van der Waals surface area contributed by atoms with Gasteiger partial charge in [-0.15, -0.1) is 0 Å². The van der Waals surface area contributed by atoms with Crippen LogP contribution in [-0.4, -0.2) is 53.8 Å². The highest BCUT2D eigenvalue weighted by Gasteiger charge is 2.21. The number of nitrogens with two attached hydrogens (primary N) is 1. The molecule has 0 aromatic rings. The summed E-state index contributed by atoms with van der Waals surface area (Å²) in [6, 6.07) is -1.25. The fourth-order valence-corrected chi connectivity index (χ4v) is 13.4. The van der Waals surface area contributed by atoms with Crippen LogP contribution in [0.15, 0.2) is 24.3 Å². The first-order valence-corrected chi connectivity index (χ1v) is 40.5. The van der Waals surface area contributed by atoms with E-state index in [1.807, 2.05) is 0 Å². The molecule has 0 saturated carbocycles. The van der Waals surface area contributed by atoms with Gasteiger partial charge in [-0.2, -0.15) is 0 Å². The van der Waals surface area contributed by atoms with E-state index in [1.54, 1.807) is 21.6 Å². The molecule has 86 heavy (non-hydrogen) atoms. The second-order valence-corrected chi connectivity index (χ2v) is 28.4. The van der Waals surface area contributed by atoms with E-state index in [0.29, 0.717) is 43.7 Å². The standard InChI is InChI=1S/C60H114N4O4S2.C16H34/c1-4-7-10-13-16-19-22-25-28-30-33-36-39-42-45-48-57(65)63-55(59(61)67)50-53-69-70-54-51-56(60(68)62-52-47-44-41-38-35-32-27-24-21-18-15-12-9-6-3)64-58(66)49-46-43-40-37-34-31-29-26-23-20-17-14-11-8-5-2;1-3-5-7-9-11-13-15-16-14-12-10-8-6-4-2/h25-26,28-29,55-56H,4-24,27,30-54H2,1-3H3,(H2,61,67)(H,62,68)(H,63,65)(H,64,66);3-16H2,1-2H3/b28-25+,29-26+;. The maximum atomic E-state index is 13.4. The summed E-state index contributed by atoms with van der Waals surface area (Å²) in [6.07, 6.45) is 81.3. The van der Waals surface area contributed by atoms with Crippen molar-refractivity contribution in [2.75, 3.05) is 18.1 Å². The zero-order valence-corrected chi connectivity index (χ0v) is 59.8. The normalized spacial score (nSPS) is 12.2. The van der Waals surface area contributed by atoms with Gasteiger partial charge in [-0.05, 0) is 83.5 Å². The molecule has 0 radical (unpaired) electrons. The van der Waals surface area contributed by atoms with Gasteiger partial charge in [0.1, 0.15) is 12.1 Å². The van der Waals surface area contributed by atoms with Crippen LogP contribution in [0.3, 0.4) is 0 Å². The first kappa shape index (κ1) is 86.1. The van der Waals surface area contributed by atoms with Crippen LogP contribution in [0, 0.1) is 0 Å². The van der Waals surface area contributed by atoms with Crippen molar-refractivity contribution < 1.29 is 19.2 Å². The average molecular weight is 1250 g/mol. The maximum absolute atomic E-state index is 13.4. The van der Waals surface area contributed by atoms with Crippen LogP contribution in [0.5, 0.6) is 0 Å². The zero-order valence-electron chi connectivity index (χ0n) is 58.1. The minimum absolute atomic E-state index is 0.0475. The Morgan fingerprint density at radius 3 is 0.826 bits per heavy atom. The molecule has 8 nitrogen and oxygen atoms in total. The molecule has 0 aromatic carbocycles. The molecule has 0 bridgehead atoms. The molecule has 0 aliphatic rings. The van der Waals surface area contributed by atoms with E-state index in [4.69, 9.17) is 5.73 Å². The second-order valence-electron chi connectivity index (χ2n) is 25.7. The Morgan fingerprint density at radius 1 is 0.314 bits per heavy atom. The highest BCUT2D eigenvalue weighted by Crippen LogP contribution is 2.25. The quantitative estimate of drug-likeness (QED) is 0.0273. The van der Waals surface area contributed by atoms with Gasteiger partial charge in [-0.1, -0.05) is 357 Å². The minimum atomic E-state index is -0.687. The summed E-state index contributed by atoms with van der Waals surface area (Å²) < 4.78 is 0. The number of hydrogen-bond donors (Lipinski definition) is 4. The summed E-state index contributed by atoms with van der Waals surface area (Å²) in [7, 11) is 3.25. The molecule has 2 unspecified atom stereocenters. The SMILES string of the molecule is CCCCCCCC/C=C/CCCCCCCC(=O)NC(CCSSCCC(NC(=O)CCCCCCC/C=C/CCCCCCCC)C(=O)NCCCCCCCCCCCCCCCC)C(N)=O.CCCCCCCCCCCCCCCC. The van der Waals surface area contributed by atoms with E-state index in [0.717, 1.165) is 64.2 Å². The van der Waals surface area contributed by atoms with Crippen LogP contribution in [0.2, 0.25) is 0 Å². The van der Waals surface area contributed by atoms with Crippen LogP contribution < -0.4 is 21.7 Å². The van der Waals surface area contributed by atoms with E-state index >= 15 is 0 Å². The summed E-state index contributed by atoms with van der Waals surface area (Å²) in [4.78, 5) is 51.3. The van der Waals surface area contributed by atoms with Gasteiger partial charge in [0.25, 0.3) is 0 Å². The molecule has 0 saturated heterocycles. The molecule has 5 N–H and O–H groups in total. The third-order valence-electron chi connectivity index (χ3n) is 17.0. The lowest BCUT2D eigenvalue weighted by atomic mass is 10.0. The lowest BCUT2D eigenvalue weighted by Gasteiger charge is -2.19. The number of primary amides is 1. The molecule has 0 aromatic heterocycles. The molecule has 0 rings (SSSR count). The molecule has 2 atom stereocenters. The molecule has 0 aliphatic heterocycles. The molecule has 4 amide bonds. The number of hydrogen-bond acceptors (Lipinski definition) is 6. The van der Waals surface area contributed by atoms with Crippen molar-refractivity contribution in [3.8, 4) is 0 Å². The fourth-order valence-electron chi connectivity index (χ4n) is 11.2. The lowest BCUT2D eigenvalue weighted by molar-refractivity contribution is -0.129. The van der Waals surface area contributed by atoms with Crippen molar-refractivity contribution in [1.29, 1.82) is 0 Å². The third kappa shape index (κ3) is 71.1. The van der Waals surface area contributed by atoms with E-state index in [9.17, 15) is 19.2 Å². The first-order chi connectivity index (χ1) is 42.3. The van der Waals surface area contributed by atoms with Crippen molar-refractivity contribution in [1.82, 2.24) is 16.0 Å².